The molecule has 0 radical (unpaired) electrons. The van der Waals surface area contributed by atoms with Crippen molar-refractivity contribution < 1.29 is 9.53 Å². The Balaban J connectivity index is 1.98. The molecule has 1 aromatic carbocycles. The summed E-state index contributed by atoms with van der Waals surface area (Å²) in [6, 6.07) is 6.85. The van der Waals surface area contributed by atoms with Gasteiger partial charge in [-0.2, -0.15) is 0 Å². The van der Waals surface area contributed by atoms with Crippen molar-refractivity contribution in [2.45, 2.75) is 65.2 Å². The maximum atomic E-state index is 11.5. The molecular formula is C24H31NO2. The summed E-state index contributed by atoms with van der Waals surface area (Å²) >= 11 is 0. The molecule has 0 spiro atoms. The Morgan fingerprint density at radius 2 is 1.74 bits per heavy atom. The SMILES string of the molecule is CCOC(=O)C=Cc1cc(-c2cc3c(cc2C)C(C)(C)CCC3(C)C)c[nH]1. The van der Waals surface area contributed by atoms with Gasteiger partial charge in [-0.05, 0) is 83.5 Å². The summed E-state index contributed by atoms with van der Waals surface area (Å²) in [5.41, 5.74) is 7.96. The number of nitrogens with one attached hydrogen (secondary N) is 1. The van der Waals surface area contributed by atoms with E-state index < -0.39 is 0 Å². The highest BCUT2D eigenvalue weighted by atomic mass is 16.5. The molecule has 1 N–H and O–H groups in total. The third kappa shape index (κ3) is 3.87. The quantitative estimate of drug-likeness (QED) is 0.540. The Hall–Kier alpha value is -2.29. The molecule has 1 aromatic heterocycles. The average molecular weight is 366 g/mol. The summed E-state index contributed by atoms with van der Waals surface area (Å²) < 4.78 is 4.94. The molecule has 0 amide bonds. The van der Waals surface area contributed by atoms with Crippen LogP contribution in [0.25, 0.3) is 17.2 Å². The lowest BCUT2D eigenvalue weighted by atomic mass is 9.62. The first-order chi connectivity index (χ1) is 12.6. The number of carbonyl (C=O) groups is 1. The minimum atomic E-state index is -0.317. The monoisotopic (exact) mass is 365 g/mol. The number of hydrogen-bond donors (Lipinski definition) is 1. The minimum absolute atomic E-state index is 0.191. The van der Waals surface area contributed by atoms with Crippen LogP contribution >= 0.6 is 0 Å². The largest absolute Gasteiger partial charge is 0.463 e. The molecule has 3 rings (SSSR count). The van der Waals surface area contributed by atoms with Gasteiger partial charge in [0.25, 0.3) is 0 Å². The topological polar surface area (TPSA) is 42.1 Å². The Kier molecular flexibility index (Phi) is 5.07. The van der Waals surface area contributed by atoms with E-state index in [0.717, 1.165) is 11.3 Å². The Morgan fingerprint density at radius 3 is 2.37 bits per heavy atom. The van der Waals surface area contributed by atoms with Crippen LogP contribution in [0.2, 0.25) is 0 Å². The zero-order valence-corrected chi connectivity index (χ0v) is 17.4. The Bertz CT molecular complexity index is 884. The van der Waals surface area contributed by atoms with E-state index in [-0.39, 0.29) is 16.8 Å². The summed E-state index contributed by atoms with van der Waals surface area (Å²) in [4.78, 5) is 14.8. The van der Waals surface area contributed by atoms with Gasteiger partial charge in [-0.25, -0.2) is 4.79 Å². The number of hydrogen-bond acceptors (Lipinski definition) is 2. The van der Waals surface area contributed by atoms with Gasteiger partial charge in [0.05, 0.1) is 6.61 Å². The normalized spacial score (nSPS) is 17.7. The van der Waals surface area contributed by atoms with Crippen molar-refractivity contribution in [3.63, 3.8) is 0 Å². The number of carbonyl (C=O) groups excluding carboxylic acids is 1. The van der Waals surface area contributed by atoms with E-state index in [2.05, 4.69) is 57.8 Å². The van der Waals surface area contributed by atoms with Crippen molar-refractivity contribution in [3.05, 3.63) is 52.9 Å². The van der Waals surface area contributed by atoms with Gasteiger partial charge < -0.3 is 9.72 Å². The van der Waals surface area contributed by atoms with Crippen LogP contribution in [-0.2, 0) is 20.4 Å². The van der Waals surface area contributed by atoms with Gasteiger partial charge in [-0.3, -0.25) is 0 Å². The van der Waals surface area contributed by atoms with Crippen LogP contribution in [0.5, 0.6) is 0 Å². The maximum absolute atomic E-state index is 11.5. The van der Waals surface area contributed by atoms with E-state index in [1.165, 1.54) is 41.2 Å². The van der Waals surface area contributed by atoms with Gasteiger partial charge in [0.2, 0.25) is 0 Å². The lowest BCUT2D eigenvalue weighted by Gasteiger charge is -2.42. The van der Waals surface area contributed by atoms with E-state index in [0.29, 0.717) is 6.61 Å². The molecule has 0 saturated heterocycles. The van der Waals surface area contributed by atoms with Crippen LogP contribution in [0.15, 0.2) is 30.5 Å². The fraction of sp³-hybridized carbons (Fsp3) is 0.458. The molecule has 0 bridgehead atoms. The molecule has 2 aromatic rings. The summed E-state index contributed by atoms with van der Waals surface area (Å²) in [5.74, 6) is -0.317. The molecule has 0 saturated carbocycles. The Morgan fingerprint density at radius 1 is 1.11 bits per heavy atom. The molecule has 0 fully saturated rings. The second-order valence-corrected chi connectivity index (χ2v) is 8.91. The van der Waals surface area contributed by atoms with Crippen molar-refractivity contribution in [2.24, 2.45) is 0 Å². The van der Waals surface area contributed by atoms with E-state index in [1.807, 2.05) is 6.20 Å². The number of benzene rings is 1. The van der Waals surface area contributed by atoms with Gasteiger partial charge in [0, 0.05) is 18.0 Å². The standard InChI is InChI=1S/C24H31NO2/c1-7-27-22(26)9-8-18-13-17(15-25-18)19-14-21-20(12-16(19)2)23(3,4)10-11-24(21,5)6/h8-9,12-15,25H,7,10-11H2,1-6H3. The van der Waals surface area contributed by atoms with Crippen molar-refractivity contribution in [1.82, 2.24) is 4.98 Å². The lowest BCUT2D eigenvalue weighted by Crippen LogP contribution is -2.34. The number of rotatable bonds is 4. The highest BCUT2D eigenvalue weighted by Crippen LogP contribution is 2.47. The third-order valence-electron chi connectivity index (χ3n) is 5.90. The van der Waals surface area contributed by atoms with E-state index in [1.54, 1.807) is 13.0 Å². The molecule has 0 atom stereocenters. The average Bonchev–Trinajstić information content (AvgIpc) is 3.06. The number of aromatic amines is 1. The molecular weight excluding hydrogens is 334 g/mol. The lowest BCUT2D eigenvalue weighted by molar-refractivity contribution is -0.137. The number of H-pyrrole nitrogens is 1. The number of aryl methyl sites for hydroxylation is 1. The van der Waals surface area contributed by atoms with Crippen LogP contribution in [0.4, 0.5) is 0 Å². The Labute approximate surface area is 162 Å². The highest BCUT2D eigenvalue weighted by molar-refractivity contribution is 5.87. The van der Waals surface area contributed by atoms with Gasteiger partial charge in [0.1, 0.15) is 0 Å². The molecule has 1 aliphatic rings. The minimum Gasteiger partial charge on any atom is -0.463 e. The third-order valence-corrected chi connectivity index (χ3v) is 5.90. The molecule has 1 aliphatic carbocycles. The highest BCUT2D eigenvalue weighted by Gasteiger charge is 2.37. The fourth-order valence-electron chi connectivity index (χ4n) is 4.05. The summed E-state index contributed by atoms with van der Waals surface area (Å²) in [6.45, 7) is 13.8. The predicted molar refractivity (Wildman–Crippen MR) is 112 cm³/mol. The molecule has 0 unspecified atom stereocenters. The summed E-state index contributed by atoms with van der Waals surface area (Å²) in [6.07, 6.45) is 7.67. The zero-order chi connectivity index (χ0) is 19.8. The second kappa shape index (κ2) is 7.03. The number of esters is 1. The number of aromatic nitrogens is 1. The van der Waals surface area contributed by atoms with Gasteiger partial charge in [0.15, 0.2) is 0 Å². The maximum Gasteiger partial charge on any atom is 0.330 e. The van der Waals surface area contributed by atoms with Gasteiger partial charge in [-0.1, -0.05) is 33.8 Å². The second-order valence-electron chi connectivity index (χ2n) is 8.91. The molecule has 1 heterocycles. The molecule has 3 nitrogen and oxygen atoms in total. The summed E-state index contributed by atoms with van der Waals surface area (Å²) in [5, 5.41) is 0. The van der Waals surface area contributed by atoms with E-state index in [4.69, 9.17) is 4.74 Å². The van der Waals surface area contributed by atoms with Gasteiger partial charge >= 0.3 is 5.97 Å². The number of ether oxygens (including phenoxy) is 1. The first kappa shape index (κ1) is 19.5. The van der Waals surface area contributed by atoms with Crippen LogP contribution in [0, 0.1) is 6.92 Å². The molecule has 27 heavy (non-hydrogen) atoms. The first-order valence-corrected chi connectivity index (χ1v) is 9.83. The smallest absolute Gasteiger partial charge is 0.330 e. The van der Waals surface area contributed by atoms with E-state index in [9.17, 15) is 4.79 Å². The molecule has 144 valence electrons. The first-order valence-electron chi connectivity index (χ1n) is 9.83. The van der Waals surface area contributed by atoms with Crippen molar-refractivity contribution in [1.29, 1.82) is 0 Å². The van der Waals surface area contributed by atoms with Crippen molar-refractivity contribution >= 4 is 12.0 Å². The van der Waals surface area contributed by atoms with Gasteiger partial charge in [-0.15, -0.1) is 0 Å². The fourth-order valence-corrected chi connectivity index (χ4v) is 4.05. The van der Waals surface area contributed by atoms with Crippen LogP contribution in [0.1, 0.15) is 69.8 Å². The predicted octanol–water partition coefficient (Wildman–Crippen LogP) is 5.92. The van der Waals surface area contributed by atoms with Crippen LogP contribution in [0.3, 0.4) is 0 Å². The summed E-state index contributed by atoms with van der Waals surface area (Å²) in [7, 11) is 0. The number of fused-ring (bicyclic) bond motifs is 1. The molecule has 0 aliphatic heterocycles. The van der Waals surface area contributed by atoms with Crippen LogP contribution < -0.4 is 0 Å². The van der Waals surface area contributed by atoms with Crippen LogP contribution in [-0.4, -0.2) is 17.6 Å². The zero-order valence-electron chi connectivity index (χ0n) is 17.4. The molecule has 3 heteroatoms. The van der Waals surface area contributed by atoms with E-state index >= 15 is 0 Å². The van der Waals surface area contributed by atoms with Crippen molar-refractivity contribution in [3.8, 4) is 11.1 Å². The van der Waals surface area contributed by atoms with Crippen molar-refractivity contribution in [2.75, 3.05) is 6.61 Å².